The standard InChI is InChI=1S/C9H14O9/c1-2(7(13)14)17-9-5(12)3(10)4(11)6(18-9)8(15)16/h2-6,9-12H,1H3,(H,13,14)(H,15,16)/t2?,3?,4-,5?,6?,9-/m1/s1. The summed E-state index contributed by atoms with van der Waals surface area (Å²) in [6.45, 7) is 1.14. The molecule has 18 heavy (non-hydrogen) atoms. The molecule has 0 spiro atoms. The molecule has 0 aliphatic carbocycles. The van der Waals surface area contributed by atoms with Crippen LogP contribution in [0.5, 0.6) is 0 Å². The molecule has 0 radical (unpaired) electrons. The zero-order valence-electron chi connectivity index (χ0n) is 9.33. The predicted molar refractivity (Wildman–Crippen MR) is 52.5 cm³/mol. The van der Waals surface area contributed by atoms with Crippen LogP contribution in [0.15, 0.2) is 0 Å². The van der Waals surface area contributed by atoms with E-state index in [-0.39, 0.29) is 0 Å². The van der Waals surface area contributed by atoms with Crippen molar-refractivity contribution >= 4 is 11.9 Å². The van der Waals surface area contributed by atoms with Gasteiger partial charge in [0.2, 0.25) is 0 Å². The minimum atomic E-state index is -1.84. The molecule has 4 unspecified atom stereocenters. The fourth-order valence-electron chi connectivity index (χ4n) is 1.42. The molecule has 0 amide bonds. The molecule has 9 heteroatoms. The van der Waals surface area contributed by atoms with Crippen molar-refractivity contribution in [1.82, 2.24) is 0 Å². The first-order chi connectivity index (χ1) is 8.25. The van der Waals surface area contributed by atoms with E-state index in [2.05, 4.69) is 0 Å². The zero-order valence-corrected chi connectivity index (χ0v) is 9.33. The van der Waals surface area contributed by atoms with Gasteiger partial charge in [0.15, 0.2) is 18.5 Å². The van der Waals surface area contributed by atoms with Gasteiger partial charge in [-0.15, -0.1) is 0 Å². The Morgan fingerprint density at radius 1 is 1.11 bits per heavy atom. The van der Waals surface area contributed by atoms with Crippen LogP contribution in [-0.4, -0.2) is 74.3 Å². The third-order valence-electron chi connectivity index (χ3n) is 2.50. The van der Waals surface area contributed by atoms with Gasteiger partial charge in [-0.3, -0.25) is 0 Å². The molecular weight excluding hydrogens is 252 g/mol. The van der Waals surface area contributed by atoms with E-state index >= 15 is 0 Å². The van der Waals surface area contributed by atoms with Gasteiger partial charge >= 0.3 is 11.9 Å². The number of carboxylic acids is 2. The predicted octanol–water partition coefficient (Wildman–Crippen LogP) is -2.63. The molecule has 5 N–H and O–H groups in total. The molecule has 1 aliphatic heterocycles. The van der Waals surface area contributed by atoms with E-state index in [0.717, 1.165) is 6.92 Å². The molecule has 0 aromatic carbocycles. The highest BCUT2D eigenvalue weighted by Gasteiger charge is 2.48. The Labute approximate surface area is 101 Å². The second-order valence-corrected chi connectivity index (χ2v) is 3.85. The van der Waals surface area contributed by atoms with Crippen LogP contribution in [0.1, 0.15) is 6.92 Å². The lowest BCUT2D eigenvalue weighted by atomic mass is 9.99. The van der Waals surface area contributed by atoms with Crippen LogP contribution in [-0.2, 0) is 19.1 Å². The summed E-state index contributed by atoms with van der Waals surface area (Å²) < 4.78 is 9.48. The van der Waals surface area contributed by atoms with Crippen molar-refractivity contribution < 1.29 is 44.6 Å². The molecule has 104 valence electrons. The maximum absolute atomic E-state index is 10.7. The SMILES string of the molecule is CC(O[C@@H]1OC(C(=O)O)[C@H](O)C(O)C1O)C(=O)O. The van der Waals surface area contributed by atoms with E-state index in [1.807, 2.05) is 0 Å². The summed E-state index contributed by atoms with van der Waals surface area (Å²) in [5, 5.41) is 45.6. The number of hydrogen-bond donors (Lipinski definition) is 5. The lowest BCUT2D eigenvalue weighted by Gasteiger charge is -2.38. The van der Waals surface area contributed by atoms with Crippen LogP contribution < -0.4 is 0 Å². The summed E-state index contributed by atoms with van der Waals surface area (Å²) in [7, 11) is 0. The van der Waals surface area contributed by atoms with Gasteiger partial charge in [-0.2, -0.15) is 0 Å². The van der Waals surface area contributed by atoms with Crippen molar-refractivity contribution in [2.45, 2.75) is 43.7 Å². The molecule has 6 atom stereocenters. The first-order valence-corrected chi connectivity index (χ1v) is 5.06. The Morgan fingerprint density at radius 3 is 2.11 bits per heavy atom. The number of aliphatic hydroxyl groups excluding tert-OH is 3. The molecule has 0 aromatic heterocycles. The molecule has 1 saturated heterocycles. The highest BCUT2D eigenvalue weighted by atomic mass is 16.7. The monoisotopic (exact) mass is 266 g/mol. The first kappa shape index (κ1) is 14.8. The topological polar surface area (TPSA) is 154 Å². The van der Waals surface area contributed by atoms with Crippen molar-refractivity contribution in [2.75, 3.05) is 0 Å². The maximum atomic E-state index is 10.7. The third-order valence-corrected chi connectivity index (χ3v) is 2.50. The number of carboxylic acid groups (broad SMARTS) is 2. The summed E-state index contributed by atoms with van der Waals surface area (Å²) in [5.74, 6) is -2.91. The molecule has 1 rings (SSSR count). The number of aliphatic hydroxyl groups is 3. The largest absolute Gasteiger partial charge is 0.479 e. The average Bonchev–Trinajstić information content (AvgIpc) is 2.29. The van der Waals surface area contributed by atoms with Gasteiger partial charge in [0.05, 0.1) is 0 Å². The highest BCUT2D eigenvalue weighted by Crippen LogP contribution is 2.23. The third kappa shape index (κ3) is 2.94. The van der Waals surface area contributed by atoms with Crippen LogP contribution in [0, 0.1) is 0 Å². The Morgan fingerprint density at radius 2 is 1.67 bits per heavy atom. The quantitative estimate of drug-likeness (QED) is 0.367. The van der Waals surface area contributed by atoms with E-state index in [1.54, 1.807) is 0 Å². The molecule has 9 nitrogen and oxygen atoms in total. The van der Waals surface area contributed by atoms with Gasteiger partial charge in [-0.25, -0.2) is 9.59 Å². The second-order valence-electron chi connectivity index (χ2n) is 3.85. The summed E-state index contributed by atoms with van der Waals surface area (Å²) in [6, 6.07) is 0. The van der Waals surface area contributed by atoms with Crippen molar-refractivity contribution in [3.63, 3.8) is 0 Å². The van der Waals surface area contributed by atoms with Gasteiger partial charge in [0.1, 0.15) is 18.3 Å². The Kier molecular flexibility index (Phi) is 4.59. The number of aliphatic carboxylic acids is 2. The van der Waals surface area contributed by atoms with Crippen LogP contribution in [0.4, 0.5) is 0 Å². The van der Waals surface area contributed by atoms with Crippen LogP contribution in [0.2, 0.25) is 0 Å². The lowest BCUT2D eigenvalue weighted by Crippen LogP contribution is -2.61. The van der Waals surface area contributed by atoms with Gasteiger partial charge in [0, 0.05) is 0 Å². The molecule has 0 aromatic rings. The van der Waals surface area contributed by atoms with E-state index in [4.69, 9.17) is 19.7 Å². The molecule has 1 heterocycles. The van der Waals surface area contributed by atoms with Crippen molar-refractivity contribution in [2.24, 2.45) is 0 Å². The fourth-order valence-corrected chi connectivity index (χ4v) is 1.42. The normalized spacial score (nSPS) is 38.1. The van der Waals surface area contributed by atoms with Crippen molar-refractivity contribution in [3.05, 3.63) is 0 Å². The minimum Gasteiger partial charge on any atom is -0.479 e. The number of ether oxygens (including phenoxy) is 2. The van der Waals surface area contributed by atoms with Crippen LogP contribution in [0.25, 0.3) is 0 Å². The molecule has 0 saturated carbocycles. The number of rotatable bonds is 4. The number of carbonyl (C=O) groups is 2. The summed E-state index contributed by atoms with van der Waals surface area (Å²) in [5.41, 5.74) is 0. The van der Waals surface area contributed by atoms with Gasteiger partial charge < -0.3 is 35.0 Å². The van der Waals surface area contributed by atoms with E-state index in [0.29, 0.717) is 0 Å². The van der Waals surface area contributed by atoms with Crippen molar-refractivity contribution in [3.8, 4) is 0 Å². The smallest absolute Gasteiger partial charge is 0.335 e. The van der Waals surface area contributed by atoms with Gasteiger partial charge in [-0.1, -0.05) is 0 Å². The Hall–Kier alpha value is -1.26. The van der Waals surface area contributed by atoms with Crippen molar-refractivity contribution in [1.29, 1.82) is 0 Å². The summed E-state index contributed by atoms with van der Waals surface area (Å²) in [4.78, 5) is 21.3. The average molecular weight is 266 g/mol. The first-order valence-electron chi connectivity index (χ1n) is 5.06. The molecule has 0 bridgehead atoms. The molecule has 1 aliphatic rings. The fraction of sp³-hybridized carbons (Fsp3) is 0.778. The second kappa shape index (κ2) is 5.59. The van der Waals surface area contributed by atoms with Crippen LogP contribution >= 0.6 is 0 Å². The van der Waals surface area contributed by atoms with Crippen LogP contribution in [0.3, 0.4) is 0 Å². The summed E-state index contributed by atoms with van der Waals surface area (Å²) in [6.07, 6.45) is -10.2. The minimum absolute atomic E-state index is 1.14. The highest BCUT2D eigenvalue weighted by molar-refractivity contribution is 5.73. The van der Waals surface area contributed by atoms with Gasteiger partial charge in [-0.05, 0) is 6.92 Å². The Bertz CT molecular complexity index is 330. The molecule has 1 fully saturated rings. The van der Waals surface area contributed by atoms with E-state index in [9.17, 15) is 24.9 Å². The lowest BCUT2D eigenvalue weighted by molar-refractivity contribution is -0.301. The molecular formula is C9H14O9. The van der Waals surface area contributed by atoms with E-state index < -0.39 is 48.7 Å². The van der Waals surface area contributed by atoms with E-state index in [1.165, 1.54) is 0 Å². The summed E-state index contributed by atoms with van der Waals surface area (Å²) >= 11 is 0. The number of hydrogen-bond acceptors (Lipinski definition) is 7. The zero-order chi connectivity index (χ0) is 14.0. The maximum Gasteiger partial charge on any atom is 0.335 e. The Balaban J connectivity index is 2.79. The van der Waals surface area contributed by atoms with Gasteiger partial charge in [0.25, 0.3) is 0 Å².